The van der Waals surface area contributed by atoms with Crippen molar-refractivity contribution in [1.82, 2.24) is 5.32 Å². The van der Waals surface area contributed by atoms with Crippen molar-refractivity contribution >= 4 is 29.0 Å². The van der Waals surface area contributed by atoms with E-state index in [0.717, 1.165) is 38.5 Å². The summed E-state index contributed by atoms with van der Waals surface area (Å²) < 4.78 is 0. The van der Waals surface area contributed by atoms with Crippen LogP contribution in [0.25, 0.3) is 0 Å². The number of carbonyl (C=O) groups is 1. The summed E-state index contributed by atoms with van der Waals surface area (Å²) in [6.07, 6.45) is 7.59. The summed E-state index contributed by atoms with van der Waals surface area (Å²) in [4.78, 5) is 13.3. The van der Waals surface area contributed by atoms with E-state index in [-0.39, 0.29) is 11.2 Å². The fraction of sp³-hybridized carbons (Fsp3) is 0.611. The smallest absolute Gasteiger partial charge is 0.170 e. The zero-order valence-electron chi connectivity index (χ0n) is 13.0. The number of nitrogens with one attached hydrogen (secondary N) is 1. The van der Waals surface area contributed by atoms with Gasteiger partial charge in [0, 0.05) is 23.1 Å². The Morgan fingerprint density at radius 3 is 2.82 bits per heavy atom. The van der Waals surface area contributed by atoms with Gasteiger partial charge >= 0.3 is 0 Å². The van der Waals surface area contributed by atoms with Crippen LogP contribution < -0.4 is 5.32 Å². The predicted molar refractivity (Wildman–Crippen MR) is 91.9 cm³/mol. The zero-order valence-corrected chi connectivity index (χ0v) is 14.5. The third-order valence-corrected chi connectivity index (χ3v) is 6.20. The molecule has 0 spiro atoms. The molecule has 3 rings (SSSR count). The third-order valence-electron chi connectivity index (χ3n) is 5.46. The maximum atomic E-state index is 13.3. The number of hydrogen-bond acceptors (Lipinski definition) is 2. The average molecular weight is 340 g/mol. The van der Waals surface area contributed by atoms with E-state index in [1.54, 1.807) is 12.1 Å². The first-order chi connectivity index (χ1) is 10.6. The van der Waals surface area contributed by atoms with Gasteiger partial charge < -0.3 is 5.32 Å². The number of carbonyl (C=O) groups excluding carboxylic acids is 1. The standard InChI is InChI=1S/C18H23Cl2NO/c1-2-3-9-18(10-8-13-5-7-16(18)21-13)17(22)12-4-6-14(19)15(20)11-12/h4,6,11,13,16,21H,2-3,5,7-10H2,1H3/t13-,16-,18-/m1/s1. The highest BCUT2D eigenvalue weighted by molar-refractivity contribution is 6.42. The molecular weight excluding hydrogens is 317 g/mol. The minimum Gasteiger partial charge on any atom is -0.310 e. The monoisotopic (exact) mass is 339 g/mol. The summed E-state index contributed by atoms with van der Waals surface area (Å²) in [5, 5.41) is 4.65. The summed E-state index contributed by atoms with van der Waals surface area (Å²) in [7, 11) is 0. The molecule has 2 bridgehead atoms. The highest BCUT2D eigenvalue weighted by Crippen LogP contribution is 2.46. The van der Waals surface area contributed by atoms with Crippen molar-refractivity contribution in [1.29, 1.82) is 0 Å². The van der Waals surface area contributed by atoms with Gasteiger partial charge in [-0.3, -0.25) is 4.79 Å². The van der Waals surface area contributed by atoms with Crippen LogP contribution in [0.5, 0.6) is 0 Å². The second kappa shape index (κ2) is 6.51. The molecule has 1 N–H and O–H groups in total. The molecular formula is C18H23Cl2NO. The summed E-state index contributed by atoms with van der Waals surface area (Å²) >= 11 is 12.1. The number of piperidine rings is 1. The van der Waals surface area contributed by atoms with Crippen LogP contribution in [0, 0.1) is 5.41 Å². The van der Waals surface area contributed by atoms with E-state index in [1.807, 2.05) is 6.07 Å². The molecule has 2 nitrogen and oxygen atoms in total. The molecule has 2 fully saturated rings. The van der Waals surface area contributed by atoms with Crippen molar-refractivity contribution in [3.8, 4) is 0 Å². The normalized spacial score (nSPS) is 30.5. The number of halogens is 2. The third kappa shape index (κ3) is 2.81. The van der Waals surface area contributed by atoms with Crippen LogP contribution >= 0.6 is 23.2 Å². The summed E-state index contributed by atoms with van der Waals surface area (Å²) in [5.74, 6) is 0.248. The van der Waals surface area contributed by atoms with E-state index in [0.29, 0.717) is 27.7 Å². The van der Waals surface area contributed by atoms with Gasteiger partial charge in [-0.2, -0.15) is 0 Å². The van der Waals surface area contributed by atoms with Gasteiger partial charge in [0.15, 0.2) is 5.78 Å². The van der Waals surface area contributed by atoms with E-state index in [9.17, 15) is 4.79 Å². The SMILES string of the molecule is CCCC[C@@]1(C(=O)c2ccc(Cl)c(Cl)c2)CC[C@H]2CC[C@H]1N2. The van der Waals surface area contributed by atoms with Crippen LogP contribution in [0.15, 0.2) is 18.2 Å². The number of unbranched alkanes of at least 4 members (excludes halogenated alkanes) is 1. The lowest BCUT2D eigenvalue weighted by Gasteiger charge is -2.42. The molecule has 120 valence electrons. The van der Waals surface area contributed by atoms with E-state index in [2.05, 4.69) is 12.2 Å². The van der Waals surface area contributed by atoms with Crippen LogP contribution in [0.3, 0.4) is 0 Å². The van der Waals surface area contributed by atoms with Crippen molar-refractivity contribution in [2.24, 2.45) is 5.41 Å². The van der Waals surface area contributed by atoms with Crippen LogP contribution in [0.1, 0.15) is 62.2 Å². The van der Waals surface area contributed by atoms with Crippen LogP contribution in [-0.2, 0) is 0 Å². The molecule has 3 atom stereocenters. The van der Waals surface area contributed by atoms with Crippen LogP contribution in [0.2, 0.25) is 10.0 Å². The number of fused-ring (bicyclic) bond motifs is 2. The molecule has 0 unspecified atom stereocenters. The predicted octanol–water partition coefficient (Wildman–Crippen LogP) is 5.27. The lowest BCUT2D eigenvalue weighted by atomic mass is 9.66. The lowest BCUT2D eigenvalue weighted by Crippen LogP contribution is -2.53. The Labute approximate surface area is 142 Å². The molecule has 0 saturated carbocycles. The van der Waals surface area contributed by atoms with E-state index in [4.69, 9.17) is 23.2 Å². The maximum Gasteiger partial charge on any atom is 0.170 e. The summed E-state index contributed by atoms with van der Waals surface area (Å²) in [6, 6.07) is 6.23. The van der Waals surface area contributed by atoms with Gasteiger partial charge in [-0.25, -0.2) is 0 Å². The number of ketones is 1. The lowest BCUT2D eigenvalue weighted by molar-refractivity contribution is 0.0612. The molecule has 2 heterocycles. The van der Waals surface area contributed by atoms with Crippen molar-refractivity contribution in [2.75, 3.05) is 0 Å². The molecule has 4 heteroatoms. The summed E-state index contributed by atoms with van der Waals surface area (Å²) in [6.45, 7) is 2.19. The van der Waals surface area contributed by atoms with Gasteiger partial charge in [-0.15, -0.1) is 0 Å². The van der Waals surface area contributed by atoms with Gasteiger partial charge in [-0.05, 0) is 50.3 Å². The van der Waals surface area contributed by atoms with Crippen molar-refractivity contribution < 1.29 is 4.79 Å². The first-order valence-corrected chi connectivity index (χ1v) is 9.08. The Kier molecular flexibility index (Phi) is 4.82. The largest absolute Gasteiger partial charge is 0.310 e. The molecule has 2 saturated heterocycles. The first kappa shape index (κ1) is 16.3. The fourth-order valence-corrected chi connectivity index (χ4v) is 4.49. The second-order valence-corrected chi connectivity index (χ2v) is 7.56. The Morgan fingerprint density at radius 1 is 1.27 bits per heavy atom. The molecule has 0 radical (unpaired) electrons. The number of hydrogen-bond donors (Lipinski definition) is 1. The Morgan fingerprint density at radius 2 is 2.09 bits per heavy atom. The molecule has 1 aromatic carbocycles. The highest BCUT2D eigenvalue weighted by atomic mass is 35.5. The average Bonchev–Trinajstić information content (AvgIpc) is 2.93. The molecule has 2 aliphatic rings. The quantitative estimate of drug-likeness (QED) is 0.740. The number of rotatable bonds is 5. The number of Topliss-reactive ketones (excluding diaryl/α,β-unsaturated/α-hetero) is 1. The molecule has 0 aliphatic carbocycles. The Hall–Kier alpha value is -0.570. The van der Waals surface area contributed by atoms with Gasteiger partial charge in [0.25, 0.3) is 0 Å². The minimum atomic E-state index is -0.264. The van der Waals surface area contributed by atoms with Crippen molar-refractivity contribution in [3.63, 3.8) is 0 Å². The van der Waals surface area contributed by atoms with E-state index in [1.165, 1.54) is 6.42 Å². The minimum absolute atomic E-state index is 0.248. The summed E-state index contributed by atoms with van der Waals surface area (Å²) in [5.41, 5.74) is 0.442. The van der Waals surface area contributed by atoms with Gasteiger partial charge in [0.1, 0.15) is 0 Å². The first-order valence-electron chi connectivity index (χ1n) is 8.33. The highest BCUT2D eigenvalue weighted by Gasteiger charge is 2.50. The Bertz CT molecular complexity index is 574. The van der Waals surface area contributed by atoms with Gasteiger partial charge in [0.05, 0.1) is 10.0 Å². The topological polar surface area (TPSA) is 29.1 Å². The van der Waals surface area contributed by atoms with E-state index < -0.39 is 0 Å². The second-order valence-electron chi connectivity index (χ2n) is 6.75. The van der Waals surface area contributed by atoms with Gasteiger partial charge in [0.2, 0.25) is 0 Å². The molecule has 2 aliphatic heterocycles. The van der Waals surface area contributed by atoms with Crippen LogP contribution in [-0.4, -0.2) is 17.9 Å². The maximum absolute atomic E-state index is 13.3. The van der Waals surface area contributed by atoms with E-state index >= 15 is 0 Å². The fourth-order valence-electron chi connectivity index (χ4n) is 4.19. The zero-order chi connectivity index (χ0) is 15.7. The Balaban J connectivity index is 1.94. The molecule has 1 aromatic rings. The molecule has 22 heavy (non-hydrogen) atoms. The van der Waals surface area contributed by atoms with Crippen molar-refractivity contribution in [3.05, 3.63) is 33.8 Å². The van der Waals surface area contributed by atoms with Crippen LogP contribution in [0.4, 0.5) is 0 Å². The van der Waals surface area contributed by atoms with Crippen molar-refractivity contribution in [2.45, 2.75) is 64.0 Å². The molecule has 0 amide bonds. The number of benzene rings is 1. The molecule has 0 aromatic heterocycles. The van der Waals surface area contributed by atoms with Gasteiger partial charge in [-0.1, -0.05) is 43.0 Å².